The first-order valence-electron chi connectivity index (χ1n) is 4.37. The monoisotopic (exact) mass is 208 g/mol. The van der Waals surface area contributed by atoms with E-state index in [0.717, 1.165) is 0 Å². The summed E-state index contributed by atoms with van der Waals surface area (Å²) >= 11 is 0. The molecule has 0 aliphatic heterocycles. The number of benzene rings is 1. The molecule has 0 saturated carbocycles. The number of aromatic hydroxyl groups is 1. The summed E-state index contributed by atoms with van der Waals surface area (Å²) in [5, 5.41) is 36.5. The van der Waals surface area contributed by atoms with Crippen molar-refractivity contribution in [2.45, 2.75) is 18.6 Å². The van der Waals surface area contributed by atoms with E-state index in [9.17, 15) is 15.3 Å². The number of phenolic OH excluding ortho intramolecular Hbond substituents is 1. The summed E-state index contributed by atoms with van der Waals surface area (Å²) in [5.41, 5.74) is 5.90. The Labute approximate surface area is 87.0 Å². The molecule has 0 saturated heterocycles. The minimum absolute atomic E-state index is 0.157. The largest absolute Gasteiger partial charge is 0.506 e. The molecule has 0 spiro atoms. The van der Waals surface area contributed by atoms with Crippen LogP contribution in [0.15, 0.2) is 18.2 Å². The first-order valence-corrected chi connectivity index (χ1v) is 4.37. The van der Waals surface area contributed by atoms with Crippen LogP contribution in [0.3, 0.4) is 0 Å². The van der Waals surface area contributed by atoms with Crippen LogP contribution in [0.2, 0.25) is 0 Å². The molecular formula is C10H12N2O3. The second kappa shape index (κ2) is 4.64. The molecule has 5 heteroatoms. The second-order valence-corrected chi connectivity index (χ2v) is 3.19. The van der Waals surface area contributed by atoms with Crippen LogP contribution in [-0.2, 0) is 0 Å². The van der Waals surface area contributed by atoms with Crippen LogP contribution in [0.1, 0.15) is 18.1 Å². The van der Waals surface area contributed by atoms with Crippen molar-refractivity contribution in [3.05, 3.63) is 23.8 Å². The predicted molar refractivity (Wildman–Crippen MR) is 53.7 cm³/mol. The van der Waals surface area contributed by atoms with E-state index in [2.05, 4.69) is 0 Å². The van der Waals surface area contributed by atoms with E-state index in [-0.39, 0.29) is 17.9 Å². The van der Waals surface area contributed by atoms with Gasteiger partial charge in [0.2, 0.25) is 0 Å². The molecule has 2 unspecified atom stereocenters. The van der Waals surface area contributed by atoms with Crippen LogP contribution >= 0.6 is 0 Å². The Morgan fingerprint density at radius 3 is 2.60 bits per heavy atom. The van der Waals surface area contributed by atoms with Crippen molar-refractivity contribution in [2.75, 3.05) is 5.73 Å². The van der Waals surface area contributed by atoms with E-state index in [0.29, 0.717) is 5.56 Å². The zero-order chi connectivity index (χ0) is 11.4. The molecule has 0 bridgehead atoms. The molecule has 0 aliphatic carbocycles. The van der Waals surface area contributed by atoms with Gasteiger partial charge in [0.15, 0.2) is 0 Å². The van der Waals surface area contributed by atoms with Crippen molar-refractivity contribution in [1.29, 1.82) is 5.26 Å². The van der Waals surface area contributed by atoms with Gasteiger partial charge >= 0.3 is 0 Å². The Morgan fingerprint density at radius 1 is 1.40 bits per heavy atom. The SMILES string of the molecule is N#CCC(O)C(O)c1ccc(N)c(O)c1. The average molecular weight is 208 g/mol. The lowest BCUT2D eigenvalue weighted by Crippen LogP contribution is -2.17. The highest BCUT2D eigenvalue weighted by Gasteiger charge is 2.18. The van der Waals surface area contributed by atoms with Gasteiger partial charge in [0.1, 0.15) is 11.9 Å². The molecule has 1 aromatic carbocycles. The van der Waals surface area contributed by atoms with E-state index >= 15 is 0 Å². The first-order chi connectivity index (χ1) is 7.06. The van der Waals surface area contributed by atoms with Gasteiger partial charge in [-0.15, -0.1) is 0 Å². The third-order valence-electron chi connectivity index (χ3n) is 2.06. The molecule has 0 fully saturated rings. The summed E-state index contributed by atoms with van der Waals surface area (Å²) in [4.78, 5) is 0. The summed E-state index contributed by atoms with van der Waals surface area (Å²) in [5.74, 6) is -0.157. The number of nitriles is 1. The average Bonchev–Trinajstić information content (AvgIpc) is 2.21. The zero-order valence-corrected chi connectivity index (χ0v) is 7.96. The third-order valence-corrected chi connectivity index (χ3v) is 2.06. The fourth-order valence-corrected chi connectivity index (χ4v) is 1.17. The Balaban J connectivity index is 2.87. The van der Waals surface area contributed by atoms with Crippen molar-refractivity contribution >= 4 is 5.69 Å². The maximum atomic E-state index is 9.58. The molecule has 80 valence electrons. The van der Waals surface area contributed by atoms with Crippen LogP contribution < -0.4 is 5.73 Å². The van der Waals surface area contributed by atoms with Gasteiger partial charge in [-0.3, -0.25) is 0 Å². The van der Waals surface area contributed by atoms with Gasteiger partial charge in [-0.05, 0) is 17.7 Å². The number of nitrogens with two attached hydrogens (primary N) is 1. The normalized spacial score (nSPS) is 14.2. The van der Waals surface area contributed by atoms with Crippen molar-refractivity contribution in [3.63, 3.8) is 0 Å². The summed E-state index contributed by atoms with van der Waals surface area (Å²) < 4.78 is 0. The lowest BCUT2D eigenvalue weighted by molar-refractivity contribution is 0.0215. The van der Waals surface area contributed by atoms with Crippen molar-refractivity contribution < 1.29 is 15.3 Å². The Kier molecular flexibility index (Phi) is 3.50. The smallest absolute Gasteiger partial charge is 0.138 e. The number of nitrogens with zero attached hydrogens (tertiary/aromatic N) is 1. The summed E-state index contributed by atoms with van der Waals surface area (Å²) in [7, 11) is 0. The summed E-state index contributed by atoms with van der Waals surface area (Å²) in [6.07, 6.45) is -2.54. The molecule has 0 amide bonds. The van der Waals surface area contributed by atoms with Crippen LogP contribution in [0.25, 0.3) is 0 Å². The van der Waals surface area contributed by atoms with Crippen LogP contribution in [0, 0.1) is 11.3 Å². The lowest BCUT2D eigenvalue weighted by atomic mass is 10.0. The van der Waals surface area contributed by atoms with Gasteiger partial charge in [-0.25, -0.2) is 0 Å². The first kappa shape index (κ1) is 11.3. The minimum Gasteiger partial charge on any atom is -0.506 e. The topological polar surface area (TPSA) is 110 Å². The lowest BCUT2D eigenvalue weighted by Gasteiger charge is -2.15. The van der Waals surface area contributed by atoms with E-state index in [1.807, 2.05) is 0 Å². The molecule has 0 heterocycles. The van der Waals surface area contributed by atoms with Gasteiger partial charge in [0, 0.05) is 0 Å². The van der Waals surface area contributed by atoms with E-state index in [4.69, 9.17) is 11.0 Å². The molecule has 0 aromatic heterocycles. The van der Waals surface area contributed by atoms with Crippen LogP contribution in [0.4, 0.5) is 5.69 Å². The van der Waals surface area contributed by atoms with E-state index in [1.165, 1.54) is 18.2 Å². The van der Waals surface area contributed by atoms with Gasteiger partial charge in [0.05, 0.1) is 24.3 Å². The number of phenols is 1. The quantitative estimate of drug-likeness (QED) is 0.421. The molecule has 1 aromatic rings. The van der Waals surface area contributed by atoms with E-state index in [1.54, 1.807) is 6.07 Å². The Hall–Kier alpha value is -1.77. The highest BCUT2D eigenvalue weighted by atomic mass is 16.3. The van der Waals surface area contributed by atoms with Gasteiger partial charge in [-0.1, -0.05) is 6.07 Å². The maximum absolute atomic E-state index is 9.58. The van der Waals surface area contributed by atoms with Crippen molar-refractivity contribution in [2.24, 2.45) is 0 Å². The number of hydrogen-bond acceptors (Lipinski definition) is 5. The molecule has 5 nitrogen and oxygen atoms in total. The molecule has 15 heavy (non-hydrogen) atoms. The number of aliphatic hydroxyl groups excluding tert-OH is 2. The fourth-order valence-electron chi connectivity index (χ4n) is 1.17. The fraction of sp³-hybridized carbons (Fsp3) is 0.300. The van der Waals surface area contributed by atoms with Crippen molar-refractivity contribution in [3.8, 4) is 11.8 Å². The molecule has 2 atom stereocenters. The maximum Gasteiger partial charge on any atom is 0.138 e. The van der Waals surface area contributed by atoms with Gasteiger partial charge < -0.3 is 21.1 Å². The predicted octanol–water partition coefficient (Wildman–Crippen LogP) is 0.282. The van der Waals surface area contributed by atoms with Gasteiger partial charge in [0.25, 0.3) is 0 Å². The number of anilines is 1. The number of nitrogen functional groups attached to an aromatic ring is 1. The number of hydrogen-bond donors (Lipinski definition) is 4. The highest BCUT2D eigenvalue weighted by molar-refractivity contribution is 5.53. The third kappa shape index (κ3) is 2.59. The standard InChI is InChI=1S/C10H12N2O3/c11-4-3-8(13)10(15)6-1-2-7(12)9(14)5-6/h1-2,5,8,10,13-15H,3,12H2. The second-order valence-electron chi connectivity index (χ2n) is 3.19. The summed E-state index contributed by atoms with van der Waals surface area (Å²) in [6.45, 7) is 0. The van der Waals surface area contributed by atoms with Crippen molar-refractivity contribution in [1.82, 2.24) is 0 Å². The minimum atomic E-state index is -1.20. The molecule has 0 radical (unpaired) electrons. The number of rotatable bonds is 3. The highest BCUT2D eigenvalue weighted by Crippen LogP contribution is 2.26. The van der Waals surface area contributed by atoms with Crippen LogP contribution in [-0.4, -0.2) is 21.4 Å². The van der Waals surface area contributed by atoms with Gasteiger partial charge in [-0.2, -0.15) is 5.26 Å². The Morgan fingerprint density at radius 2 is 2.07 bits per heavy atom. The molecule has 1 rings (SSSR count). The zero-order valence-electron chi connectivity index (χ0n) is 7.96. The Bertz CT molecular complexity index is 387. The van der Waals surface area contributed by atoms with Crippen LogP contribution in [0.5, 0.6) is 5.75 Å². The molecular weight excluding hydrogens is 196 g/mol. The number of aliphatic hydroxyl groups is 2. The molecule has 0 aliphatic rings. The van der Waals surface area contributed by atoms with E-state index < -0.39 is 12.2 Å². The molecule has 5 N–H and O–H groups in total. The summed E-state index contributed by atoms with van der Waals surface area (Å²) in [6, 6.07) is 5.92.